The Morgan fingerprint density at radius 2 is 1.61 bits per heavy atom. The molecule has 22 heteroatoms. The number of hydrogen-bond acceptors (Lipinski definition) is 20. The molecule has 4 fully saturated rings. The Bertz CT molecular complexity index is 2260. The number of carbonyl (C=O) groups is 4. The van der Waals surface area contributed by atoms with Gasteiger partial charge in [0.05, 0.1) is 53.1 Å². The quantitative estimate of drug-likeness (QED) is 0.0933. The zero-order chi connectivity index (χ0) is 58.8. The number of ketones is 1. The van der Waals surface area contributed by atoms with Crippen LogP contribution in [0.2, 0.25) is 5.02 Å². The number of aliphatic hydroxyl groups is 4. The van der Waals surface area contributed by atoms with Gasteiger partial charge in [0.2, 0.25) is 0 Å². The maximum absolute atomic E-state index is 14.6. The van der Waals surface area contributed by atoms with Gasteiger partial charge in [-0.1, -0.05) is 32.4 Å². The van der Waals surface area contributed by atoms with Crippen LogP contribution in [0.25, 0.3) is 0 Å². The number of Topliss-reactive ketones (excluding diaryl/α,β-unsaturated/α-hetero) is 1. The van der Waals surface area contributed by atoms with Crippen LogP contribution in [0.4, 0.5) is 11.4 Å². The maximum Gasteiger partial charge on any atom is 0.316 e. The molecule has 0 aromatic heterocycles. The van der Waals surface area contributed by atoms with Crippen molar-refractivity contribution in [1.82, 2.24) is 14.7 Å². The number of cyclic esters (lactones) is 1. The molecule has 4 heterocycles. The van der Waals surface area contributed by atoms with Gasteiger partial charge in [0, 0.05) is 81.5 Å². The van der Waals surface area contributed by atoms with Gasteiger partial charge < -0.3 is 83.6 Å². The van der Waals surface area contributed by atoms with E-state index in [1.54, 1.807) is 60.6 Å². The summed E-state index contributed by atoms with van der Waals surface area (Å²) < 4.78 is 45.0. The van der Waals surface area contributed by atoms with Crippen LogP contribution in [-0.2, 0) is 47.5 Å². The molecule has 450 valence electrons. The highest BCUT2D eigenvalue weighted by Gasteiger charge is 2.54. The molecule has 1 saturated carbocycles. The van der Waals surface area contributed by atoms with E-state index in [0.717, 1.165) is 12.8 Å². The van der Waals surface area contributed by atoms with Crippen molar-refractivity contribution >= 4 is 46.7 Å². The lowest BCUT2D eigenvalue weighted by molar-refractivity contribution is -0.318. The summed E-state index contributed by atoms with van der Waals surface area (Å²) in [5, 5.41) is 61.7. The standard InChI is InChI=1S/C57H94ClN5O16/c1-16-43-57(10,72)49(67)34(6)62(14)28-30(2)26-55(8,71)50(79-54-47(66)42(60(11)12)23-31(3)74-54)32(4)48(33(5)53(70)76-43)78-45-27-56(9,73-15)51(35(7)75-45)77-44(64)19-21-61(13)22-20-59-40-24-37-41(25-39(40)58)63(36-17-18-36)29-38(46(37)65)52(68)69/h24-25,30-36,38,42-43,45,47-51,54,59,66-67,71-72H,16-23,26-29H2,1-15H3,(H,68,69)/t30-,31-,32+,33-,34-,35+,38?,42+,43-,45+,47-,48+,49+,50-,51+,54+,55-,56-,57-/m1/s1. The van der Waals surface area contributed by atoms with Crippen molar-refractivity contribution in [3.63, 3.8) is 0 Å². The van der Waals surface area contributed by atoms with Gasteiger partial charge in [-0.3, -0.25) is 19.2 Å². The summed E-state index contributed by atoms with van der Waals surface area (Å²) in [6.45, 7) is 19.2. The van der Waals surface area contributed by atoms with Gasteiger partial charge in [-0.05, 0) is 127 Å². The molecule has 79 heavy (non-hydrogen) atoms. The van der Waals surface area contributed by atoms with Crippen LogP contribution in [0.3, 0.4) is 0 Å². The van der Waals surface area contributed by atoms with E-state index in [1.165, 1.54) is 14.0 Å². The topological polar surface area (TPSA) is 259 Å². The second-order valence-corrected chi connectivity index (χ2v) is 25.0. The smallest absolute Gasteiger partial charge is 0.316 e. The van der Waals surface area contributed by atoms with E-state index >= 15 is 0 Å². The van der Waals surface area contributed by atoms with Gasteiger partial charge in [0.25, 0.3) is 0 Å². The minimum atomic E-state index is -1.87. The lowest BCUT2D eigenvalue weighted by atomic mass is 9.77. The summed E-state index contributed by atoms with van der Waals surface area (Å²) in [6.07, 6.45) is -7.30. The van der Waals surface area contributed by atoms with Crippen molar-refractivity contribution in [2.75, 3.05) is 78.2 Å². The zero-order valence-corrected chi connectivity index (χ0v) is 50.1. The Morgan fingerprint density at radius 3 is 2.22 bits per heavy atom. The molecule has 21 nitrogen and oxygen atoms in total. The maximum atomic E-state index is 14.6. The molecular formula is C57H94ClN5O16. The van der Waals surface area contributed by atoms with E-state index in [9.17, 15) is 44.7 Å². The Balaban J connectivity index is 1.18. The van der Waals surface area contributed by atoms with E-state index in [2.05, 4.69) is 5.32 Å². The molecule has 5 aliphatic rings. The Kier molecular flexibility index (Phi) is 21.8. The molecule has 0 radical (unpaired) electrons. The average molecular weight is 1140 g/mol. The molecule has 1 aliphatic carbocycles. The first-order valence-corrected chi connectivity index (χ1v) is 28.8. The highest BCUT2D eigenvalue weighted by Crippen LogP contribution is 2.44. The molecule has 0 amide bonds. The van der Waals surface area contributed by atoms with E-state index in [-0.39, 0.29) is 56.3 Å². The van der Waals surface area contributed by atoms with Crippen LogP contribution in [0.1, 0.15) is 125 Å². The number of likely N-dealkylation sites (N-methyl/N-ethyl adjacent to an activating group) is 3. The first kappa shape index (κ1) is 64.9. The number of halogens is 1. The number of carbonyl (C=O) groups excluding carboxylic acids is 3. The van der Waals surface area contributed by atoms with Crippen LogP contribution < -0.4 is 10.2 Å². The molecule has 3 saturated heterocycles. The number of aliphatic hydroxyl groups excluding tert-OH is 2. The van der Waals surface area contributed by atoms with Gasteiger partial charge in [-0.2, -0.15) is 0 Å². The number of carboxylic acid groups (broad SMARTS) is 1. The monoisotopic (exact) mass is 1140 g/mol. The van der Waals surface area contributed by atoms with Crippen molar-refractivity contribution in [2.45, 2.75) is 211 Å². The van der Waals surface area contributed by atoms with Crippen molar-refractivity contribution in [1.29, 1.82) is 0 Å². The number of nitrogens with one attached hydrogen (secondary N) is 1. The fraction of sp³-hybridized carbons (Fsp3) is 0.825. The SMILES string of the molecule is CC[C@H]1OC(=O)[C@H](C)[C@@H](O[C@H]2C[C@@](C)(OC)[C@@H](OC(=O)CCN(C)CCNc3cc4c(cc3Cl)N(C3CC3)CC(C(=O)O)C4=O)[C@H](C)O2)[C@H](C)[C@@H](O[C@@H]2O[C@H](C)C[C@H](N(C)C)[C@H]2O)[C@](C)(O)C[C@@H](C)CN(C)[C@H](C)[C@H](O)[C@]1(C)O. The number of ether oxygens (including phenoxy) is 7. The van der Waals surface area contributed by atoms with Crippen molar-refractivity contribution in [2.24, 2.45) is 23.7 Å². The molecule has 0 bridgehead atoms. The first-order chi connectivity index (χ1) is 36.8. The molecule has 19 atom stereocenters. The highest BCUT2D eigenvalue weighted by atomic mass is 35.5. The van der Waals surface area contributed by atoms with Gasteiger partial charge in [-0.25, -0.2) is 0 Å². The first-order valence-electron chi connectivity index (χ1n) is 28.4. The largest absolute Gasteiger partial charge is 0.481 e. The number of anilines is 2. The number of benzene rings is 1. The molecule has 6 rings (SSSR count). The van der Waals surface area contributed by atoms with Crippen LogP contribution in [0, 0.1) is 23.7 Å². The van der Waals surface area contributed by atoms with Gasteiger partial charge >= 0.3 is 17.9 Å². The van der Waals surface area contributed by atoms with Crippen molar-refractivity contribution < 1.29 is 77.9 Å². The van der Waals surface area contributed by atoms with Crippen molar-refractivity contribution in [3.8, 4) is 0 Å². The molecule has 0 spiro atoms. The van der Waals surface area contributed by atoms with E-state index in [0.29, 0.717) is 54.6 Å². The Hall–Kier alpha value is -3.29. The summed E-state index contributed by atoms with van der Waals surface area (Å²) >= 11 is 6.70. The third-order valence-corrected chi connectivity index (χ3v) is 17.9. The van der Waals surface area contributed by atoms with E-state index in [4.69, 9.17) is 44.8 Å². The number of esters is 2. The molecule has 1 unspecified atom stereocenters. The Labute approximate surface area is 472 Å². The number of rotatable bonds is 17. The molecule has 1 aromatic carbocycles. The number of fused-ring (bicyclic) bond motifs is 1. The second-order valence-electron chi connectivity index (χ2n) is 24.6. The molecule has 6 N–H and O–H groups in total. The third kappa shape index (κ3) is 15.1. The summed E-state index contributed by atoms with van der Waals surface area (Å²) in [4.78, 5) is 61.3. The lowest BCUT2D eigenvalue weighted by Gasteiger charge is -2.49. The second kappa shape index (κ2) is 26.5. The van der Waals surface area contributed by atoms with Crippen molar-refractivity contribution in [3.05, 3.63) is 22.7 Å². The van der Waals surface area contributed by atoms with Gasteiger partial charge in [0.15, 0.2) is 24.5 Å². The summed E-state index contributed by atoms with van der Waals surface area (Å²) in [6, 6.07) is 2.63. The summed E-state index contributed by atoms with van der Waals surface area (Å²) in [7, 11) is 8.92. The summed E-state index contributed by atoms with van der Waals surface area (Å²) in [5.41, 5.74) is -3.19. The predicted octanol–water partition coefficient (Wildman–Crippen LogP) is 4.40. The third-order valence-electron chi connectivity index (χ3n) is 17.6. The number of nitrogens with zero attached hydrogens (tertiary/aromatic N) is 4. The lowest BCUT2D eigenvalue weighted by Crippen LogP contribution is -2.61. The molecule has 4 aliphatic heterocycles. The fourth-order valence-corrected chi connectivity index (χ4v) is 12.8. The van der Waals surface area contributed by atoms with E-state index in [1.807, 2.05) is 61.6 Å². The van der Waals surface area contributed by atoms with Crippen LogP contribution in [0.15, 0.2) is 12.1 Å². The van der Waals surface area contributed by atoms with E-state index < -0.39 is 120 Å². The van der Waals surface area contributed by atoms with Gasteiger partial charge in [-0.15, -0.1) is 0 Å². The van der Waals surface area contributed by atoms with Crippen LogP contribution in [0.5, 0.6) is 0 Å². The minimum absolute atomic E-state index is 0.0195. The normalized spacial score (nSPS) is 39.4. The predicted molar refractivity (Wildman–Crippen MR) is 296 cm³/mol. The van der Waals surface area contributed by atoms with Crippen LogP contribution >= 0.6 is 11.6 Å². The number of methoxy groups -OCH3 is 1. The zero-order valence-electron chi connectivity index (χ0n) is 49.3. The highest BCUT2D eigenvalue weighted by molar-refractivity contribution is 6.34. The number of carboxylic acids is 1. The molecule has 1 aromatic rings. The van der Waals surface area contributed by atoms with Crippen LogP contribution in [-0.4, -0.2) is 228 Å². The summed E-state index contributed by atoms with van der Waals surface area (Å²) in [5.74, 6) is -6.14. The average Bonchev–Trinajstić information content (AvgIpc) is 4.28. The molecular weight excluding hydrogens is 1050 g/mol. The Morgan fingerprint density at radius 1 is 0.937 bits per heavy atom. The fourth-order valence-electron chi connectivity index (χ4n) is 12.5. The number of hydrogen-bond donors (Lipinski definition) is 6. The minimum Gasteiger partial charge on any atom is -0.481 e. The van der Waals surface area contributed by atoms with Gasteiger partial charge in [0.1, 0.15) is 35.4 Å². The number of aliphatic carboxylic acids is 1.